The molecular weight excluding hydrogens is 310 g/mol. The van der Waals surface area contributed by atoms with Crippen molar-refractivity contribution in [3.8, 4) is 5.75 Å². The molecule has 0 aliphatic heterocycles. The topological polar surface area (TPSA) is 92.7 Å². The van der Waals surface area contributed by atoms with E-state index in [0.717, 1.165) is 0 Å². The maximum Gasteiger partial charge on any atom is 0.262 e. The molecule has 7 heteroatoms. The molecule has 1 aromatic carbocycles. The Labute approximate surface area is 140 Å². The molecule has 2 aromatic rings. The third-order valence-corrected chi connectivity index (χ3v) is 2.95. The molecule has 0 bridgehead atoms. The Kier molecular flexibility index (Phi) is 7.52. The zero-order chi connectivity index (χ0) is 17.0. The van der Waals surface area contributed by atoms with Crippen LogP contribution >= 0.6 is 0 Å². The Balaban J connectivity index is 1.69. The lowest BCUT2D eigenvalue weighted by Crippen LogP contribution is -2.20. The van der Waals surface area contributed by atoms with Gasteiger partial charge < -0.3 is 25.2 Å². The first-order chi connectivity index (χ1) is 11.8. The van der Waals surface area contributed by atoms with Crippen LogP contribution in [0.1, 0.15) is 0 Å². The Hall–Kier alpha value is -2.64. The van der Waals surface area contributed by atoms with Crippen LogP contribution < -0.4 is 15.4 Å². The van der Waals surface area contributed by atoms with Gasteiger partial charge in [0.05, 0.1) is 31.7 Å². The van der Waals surface area contributed by atoms with Crippen molar-refractivity contribution < 1.29 is 19.4 Å². The van der Waals surface area contributed by atoms with Gasteiger partial charge in [-0.1, -0.05) is 18.2 Å². The summed E-state index contributed by atoms with van der Waals surface area (Å²) in [5.41, 5.74) is 0.596. The number of aromatic nitrogens is 1. The summed E-state index contributed by atoms with van der Waals surface area (Å²) in [5, 5.41) is 14.4. The summed E-state index contributed by atoms with van der Waals surface area (Å²) in [5.74, 6) is 1.08. The number of carbonyl (C=O) groups excluding carboxylic acids is 1. The van der Waals surface area contributed by atoms with Crippen molar-refractivity contribution >= 4 is 17.4 Å². The van der Waals surface area contributed by atoms with Crippen LogP contribution in [0.2, 0.25) is 0 Å². The van der Waals surface area contributed by atoms with Gasteiger partial charge >= 0.3 is 0 Å². The summed E-state index contributed by atoms with van der Waals surface area (Å²) in [7, 11) is 0. The molecule has 0 unspecified atom stereocenters. The van der Waals surface area contributed by atoms with Crippen LogP contribution in [-0.2, 0) is 9.53 Å². The Bertz CT molecular complexity index is 605. The lowest BCUT2D eigenvalue weighted by molar-refractivity contribution is -0.118. The molecule has 1 amide bonds. The van der Waals surface area contributed by atoms with Crippen LogP contribution in [0.5, 0.6) is 5.75 Å². The summed E-state index contributed by atoms with van der Waals surface area (Å²) < 4.78 is 10.5. The summed E-state index contributed by atoms with van der Waals surface area (Å²) in [6.07, 6.45) is 1.57. The van der Waals surface area contributed by atoms with E-state index in [4.69, 9.17) is 14.6 Å². The van der Waals surface area contributed by atoms with Gasteiger partial charge in [-0.05, 0) is 24.3 Å². The molecule has 0 fully saturated rings. The van der Waals surface area contributed by atoms with Gasteiger partial charge in [-0.25, -0.2) is 4.98 Å². The molecular formula is C17H21N3O4. The largest absolute Gasteiger partial charge is 0.484 e. The Morgan fingerprint density at radius 1 is 1.12 bits per heavy atom. The van der Waals surface area contributed by atoms with E-state index in [1.165, 1.54) is 0 Å². The molecule has 24 heavy (non-hydrogen) atoms. The van der Waals surface area contributed by atoms with E-state index in [9.17, 15) is 4.79 Å². The summed E-state index contributed by atoms with van der Waals surface area (Å²) in [6, 6.07) is 12.7. The highest BCUT2D eigenvalue weighted by molar-refractivity contribution is 5.91. The van der Waals surface area contributed by atoms with Gasteiger partial charge in [0.2, 0.25) is 0 Å². The van der Waals surface area contributed by atoms with E-state index < -0.39 is 0 Å². The predicted molar refractivity (Wildman–Crippen MR) is 91.2 cm³/mol. The zero-order valence-electron chi connectivity index (χ0n) is 13.3. The molecule has 7 nitrogen and oxygen atoms in total. The maximum absolute atomic E-state index is 11.8. The van der Waals surface area contributed by atoms with E-state index in [1.807, 2.05) is 18.2 Å². The number of hydrogen-bond acceptors (Lipinski definition) is 6. The highest BCUT2D eigenvalue weighted by Crippen LogP contribution is 2.11. The molecule has 0 spiro atoms. The first kappa shape index (κ1) is 17.7. The number of nitrogens with zero attached hydrogens (tertiary/aromatic N) is 1. The monoisotopic (exact) mass is 331 g/mol. The molecule has 0 aliphatic carbocycles. The van der Waals surface area contributed by atoms with Gasteiger partial charge in [0.15, 0.2) is 6.61 Å². The first-order valence-corrected chi connectivity index (χ1v) is 7.64. The number of nitrogens with one attached hydrogen (secondary N) is 2. The minimum atomic E-state index is -0.251. The zero-order valence-corrected chi connectivity index (χ0v) is 13.3. The fourth-order valence-electron chi connectivity index (χ4n) is 1.85. The first-order valence-electron chi connectivity index (χ1n) is 7.64. The van der Waals surface area contributed by atoms with Gasteiger partial charge in [-0.15, -0.1) is 0 Å². The molecule has 0 aliphatic rings. The lowest BCUT2D eigenvalue weighted by Gasteiger charge is -2.09. The lowest BCUT2D eigenvalue weighted by atomic mass is 10.3. The van der Waals surface area contributed by atoms with E-state index in [-0.39, 0.29) is 19.1 Å². The number of anilines is 2. The van der Waals surface area contributed by atoms with Crippen LogP contribution in [0.15, 0.2) is 48.7 Å². The van der Waals surface area contributed by atoms with Crippen LogP contribution in [0.3, 0.4) is 0 Å². The van der Waals surface area contributed by atoms with Gasteiger partial charge in [-0.2, -0.15) is 0 Å². The number of benzene rings is 1. The SMILES string of the molecule is O=C(COc1ccccc1)Nc1ccc(NCCOCCO)nc1. The Morgan fingerprint density at radius 3 is 2.67 bits per heavy atom. The van der Waals surface area contributed by atoms with Crippen molar-refractivity contribution in [1.82, 2.24) is 4.98 Å². The van der Waals surface area contributed by atoms with Gasteiger partial charge in [0.1, 0.15) is 11.6 Å². The molecule has 0 saturated carbocycles. The summed E-state index contributed by atoms with van der Waals surface area (Å²) >= 11 is 0. The second-order valence-corrected chi connectivity index (χ2v) is 4.84. The quantitative estimate of drug-likeness (QED) is 0.572. The van der Waals surface area contributed by atoms with Crippen molar-refractivity contribution in [2.24, 2.45) is 0 Å². The minimum absolute atomic E-state index is 0.0145. The average molecular weight is 331 g/mol. The highest BCUT2D eigenvalue weighted by atomic mass is 16.5. The molecule has 1 heterocycles. The van der Waals surface area contributed by atoms with E-state index in [2.05, 4.69) is 15.6 Å². The van der Waals surface area contributed by atoms with Crippen LogP contribution in [0.25, 0.3) is 0 Å². The van der Waals surface area contributed by atoms with Crippen LogP contribution in [0.4, 0.5) is 11.5 Å². The second-order valence-electron chi connectivity index (χ2n) is 4.84. The second kappa shape index (κ2) is 10.2. The van der Waals surface area contributed by atoms with Crippen molar-refractivity contribution in [1.29, 1.82) is 0 Å². The minimum Gasteiger partial charge on any atom is -0.484 e. The number of amides is 1. The molecule has 2 rings (SSSR count). The molecule has 0 radical (unpaired) electrons. The number of rotatable bonds is 10. The van der Waals surface area contributed by atoms with Crippen LogP contribution in [0, 0.1) is 0 Å². The number of aliphatic hydroxyl groups is 1. The highest BCUT2D eigenvalue weighted by Gasteiger charge is 2.04. The number of aliphatic hydroxyl groups excluding tert-OH is 1. The number of pyridine rings is 1. The average Bonchev–Trinajstić information content (AvgIpc) is 2.62. The fraction of sp³-hybridized carbons (Fsp3) is 0.294. The molecule has 1 aromatic heterocycles. The Morgan fingerprint density at radius 2 is 1.96 bits per heavy atom. The van der Waals surface area contributed by atoms with Crippen molar-refractivity contribution in [3.63, 3.8) is 0 Å². The smallest absolute Gasteiger partial charge is 0.262 e. The predicted octanol–water partition coefficient (Wildman–Crippen LogP) is 1.52. The number of ether oxygens (including phenoxy) is 2. The van der Waals surface area contributed by atoms with Crippen molar-refractivity contribution in [2.45, 2.75) is 0 Å². The van der Waals surface area contributed by atoms with E-state index in [0.29, 0.717) is 37.0 Å². The van der Waals surface area contributed by atoms with Gasteiger partial charge in [0, 0.05) is 6.54 Å². The number of hydrogen-bond donors (Lipinski definition) is 3. The maximum atomic E-state index is 11.8. The normalized spacial score (nSPS) is 10.2. The summed E-state index contributed by atoms with van der Waals surface area (Å²) in [4.78, 5) is 16.0. The van der Waals surface area contributed by atoms with Crippen molar-refractivity contribution in [2.75, 3.05) is 43.6 Å². The molecule has 0 atom stereocenters. The molecule has 0 saturated heterocycles. The van der Waals surface area contributed by atoms with Gasteiger partial charge in [0.25, 0.3) is 5.91 Å². The molecule has 3 N–H and O–H groups in total. The number of carbonyl (C=O) groups is 1. The van der Waals surface area contributed by atoms with E-state index >= 15 is 0 Å². The third-order valence-electron chi connectivity index (χ3n) is 2.95. The van der Waals surface area contributed by atoms with Crippen molar-refractivity contribution in [3.05, 3.63) is 48.7 Å². The number of para-hydroxylation sites is 1. The fourth-order valence-corrected chi connectivity index (χ4v) is 1.85. The standard InChI is InChI=1S/C17H21N3O4/c21-9-11-23-10-8-18-16-7-6-14(12-19-16)20-17(22)13-24-15-4-2-1-3-5-15/h1-7,12,21H,8-11,13H2,(H,18,19)(H,20,22). The van der Waals surface area contributed by atoms with E-state index in [1.54, 1.807) is 30.5 Å². The summed E-state index contributed by atoms with van der Waals surface area (Å²) in [6.45, 7) is 1.35. The third kappa shape index (κ3) is 6.64. The molecule has 128 valence electrons. The van der Waals surface area contributed by atoms with Crippen LogP contribution in [-0.4, -0.2) is 49.0 Å². The van der Waals surface area contributed by atoms with Gasteiger partial charge in [-0.3, -0.25) is 4.79 Å².